The summed E-state index contributed by atoms with van der Waals surface area (Å²) in [4.78, 5) is 0.690. The molecule has 0 saturated carbocycles. The van der Waals surface area contributed by atoms with Crippen LogP contribution < -0.4 is 5.73 Å². The molecule has 17 heavy (non-hydrogen) atoms. The van der Waals surface area contributed by atoms with Crippen LogP contribution in [0.15, 0.2) is 35.4 Å². The maximum Gasteiger partial charge on any atom is 0.0753 e. The number of aryl methyl sites for hydroxylation is 2. The number of nitrogens with two attached hydrogens (primary N) is 1. The summed E-state index contributed by atoms with van der Waals surface area (Å²) in [6.45, 7) is 1.96. The number of nitrogen functional groups attached to an aromatic ring is 1. The van der Waals surface area contributed by atoms with Crippen LogP contribution in [0.1, 0.15) is 11.3 Å². The Bertz CT molecular complexity index is 563. The molecule has 0 radical (unpaired) electrons. The highest BCUT2D eigenvalue weighted by molar-refractivity contribution is 7.84. The molecule has 0 saturated heterocycles. The van der Waals surface area contributed by atoms with Gasteiger partial charge in [0.2, 0.25) is 0 Å². The van der Waals surface area contributed by atoms with Crippen LogP contribution in [0.3, 0.4) is 0 Å². The van der Waals surface area contributed by atoms with Gasteiger partial charge in [0, 0.05) is 18.9 Å². The van der Waals surface area contributed by atoms with Crippen molar-refractivity contribution in [1.29, 1.82) is 0 Å². The molecule has 0 spiro atoms. The summed E-state index contributed by atoms with van der Waals surface area (Å²) >= 11 is 0. The smallest absolute Gasteiger partial charge is 0.0753 e. The Morgan fingerprint density at radius 1 is 1.41 bits per heavy atom. The van der Waals surface area contributed by atoms with Gasteiger partial charge in [0.15, 0.2) is 0 Å². The zero-order chi connectivity index (χ0) is 12.4. The number of aromatic nitrogens is 2. The third-order valence-corrected chi connectivity index (χ3v) is 3.86. The first-order chi connectivity index (χ1) is 8.06. The van der Waals surface area contributed by atoms with Gasteiger partial charge in [-0.25, -0.2) is 0 Å². The van der Waals surface area contributed by atoms with Gasteiger partial charge < -0.3 is 5.73 Å². The van der Waals surface area contributed by atoms with Crippen LogP contribution in [0, 0.1) is 6.92 Å². The zero-order valence-electron chi connectivity index (χ0n) is 9.88. The van der Waals surface area contributed by atoms with Crippen LogP contribution in [-0.4, -0.2) is 14.0 Å². The Hall–Kier alpha value is -1.62. The summed E-state index contributed by atoms with van der Waals surface area (Å²) in [5, 5.41) is 4.21. The van der Waals surface area contributed by atoms with E-state index in [1.165, 1.54) is 0 Å². The van der Waals surface area contributed by atoms with Crippen molar-refractivity contribution >= 4 is 16.5 Å². The average Bonchev–Trinajstić information content (AvgIpc) is 2.67. The minimum absolute atomic E-state index is 0.397. The maximum atomic E-state index is 12.2. The predicted molar refractivity (Wildman–Crippen MR) is 68.9 cm³/mol. The van der Waals surface area contributed by atoms with Crippen LogP contribution in [-0.2, 0) is 23.6 Å². The lowest BCUT2D eigenvalue weighted by atomic mass is 10.2. The van der Waals surface area contributed by atoms with Crippen molar-refractivity contribution in [1.82, 2.24) is 9.78 Å². The molecule has 0 bridgehead atoms. The molecule has 0 amide bonds. The van der Waals surface area contributed by atoms with E-state index in [1.807, 2.05) is 38.4 Å². The standard InChI is InChI=1S/C12H15N3OS/c1-9-3-4-11(13)12(7-9)17(16)8-10-5-6-15(2)14-10/h3-7H,8,13H2,1-2H3. The summed E-state index contributed by atoms with van der Waals surface area (Å²) < 4.78 is 13.9. The average molecular weight is 249 g/mol. The molecule has 0 aliphatic heterocycles. The molecule has 0 aliphatic rings. The van der Waals surface area contributed by atoms with Crippen molar-refractivity contribution in [2.45, 2.75) is 17.6 Å². The molecule has 1 unspecified atom stereocenters. The quantitative estimate of drug-likeness (QED) is 0.841. The number of nitrogens with zero attached hydrogens (tertiary/aromatic N) is 2. The normalized spacial score (nSPS) is 12.6. The molecule has 1 aromatic carbocycles. The molecule has 1 aromatic heterocycles. The molecule has 2 rings (SSSR count). The van der Waals surface area contributed by atoms with E-state index < -0.39 is 10.8 Å². The molecule has 1 atom stereocenters. The van der Waals surface area contributed by atoms with E-state index in [-0.39, 0.29) is 0 Å². The first-order valence-corrected chi connectivity index (χ1v) is 6.61. The Morgan fingerprint density at radius 2 is 2.18 bits per heavy atom. The molecule has 0 aliphatic carbocycles. The molecule has 90 valence electrons. The summed E-state index contributed by atoms with van der Waals surface area (Å²) in [5.74, 6) is 0.397. The lowest BCUT2D eigenvalue weighted by Crippen LogP contribution is -2.02. The van der Waals surface area contributed by atoms with Gasteiger partial charge >= 0.3 is 0 Å². The minimum Gasteiger partial charge on any atom is -0.398 e. The molecular weight excluding hydrogens is 234 g/mol. The Kier molecular flexibility index (Phi) is 3.28. The Labute approximate surface area is 103 Å². The van der Waals surface area contributed by atoms with E-state index in [1.54, 1.807) is 10.7 Å². The third-order valence-electron chi connectivity index (χ3n) is 2.46. The lowest BCUT2D eigenvalue weighted by molar-refractivity contribution is 0.681. The maximum absolute atomic E-state index is 12.2. The summed E-state index contributed by atoms with van der Waals surface area (Å²) in [5.41, 5.74) is 8.28. The highest BCUT2D eigenvalue weighted by Gasteiger charge is 2.10. The van der Waals surface area contributed by atoms with Crippen LogP contribution in [0.5, 0.6) is 0 Å². The van der Waals surface area contributed by atoms with Gasteiger partial charge in [-0.15, -0.1) is 0 Å². The van der Waals surface area contributed by atoms with E-state index >= 15 is 0 Å². The number of hydrogen-bond donors (Lipinski definition) is 1. The Balaban J connectivity index is 2.22. The number of anilines is 1. The van der Waals surface area contributed by atoms with E-state index in [0.29, 0.717) is 16.3 Å². The predicted octanol–water partition coefficient (Wildman–Crippen LogP) is 1.62. The topological polar surface area (TPSA) is 60.9 Å². The van der Waals surface area contributed by atoms with Crippen molar-refractivity contribution < 1.29 is 4.21 Å². The number of benzene rings is 1. The van der Waals surface area contributed by atoms with Gasteiger partial charge in [0.25, 0.3) is 0 Å². The second-order valence-electron chi connectivity index (χ2n) is 4.01. The second kappa shape index (κ2) is 4.71. The van der Waals surface area contributed by atoms with E-state index in [0.717, 1.165) is 11.3 Å². The molecule has 2 N–H and O–H groups in total. The minimum atomic E-state index is -1.14. The Morgan fingerprint density at radius 3 is 2.82 bits per heavy atom. The number of rotatable bonds is 3. The second-order valence-corrected chi connectivity index (χ2v) is 5.43. The molecular formula is C12H15N3OS. The molecule has 0 fully saturated rings. The number of hydrogen-bond acceptors (Lipinski definition) is 3. The van der Waals surface area contributed by atoms with Crippen molar-refractivity contribution in [2.24, 2.45) is 7.05 Å². The van der Waals surface area contributed by atoms with Crippen molar-refractivity contribution in [3.8, 4) is 0 Å². The van der Waals surface area contributed by atoms with Gasteiger partial charge in [-0.3, -0.25) is 8.89 Å². The van der Waals surface area contributed by atoms with Gasteiger partial charge in [0.1, 0.15) is 0 Å². The molecule has 4 nitrogen and oxygen atoms in total. The van der Waals surface area contributed by atoms with E-state index in [9.17, 15) is 4.21 Å². The van der Waals surface area contributed by atoms with Gasteiger partial charge in [-0.1, -0.05) is 6.07 Å². The SMILES string of the molecule is Cc1ccc(N)c(S(=O)Cc2ccn(C)n2)c1. The van der Waals surface area contributed by atoms with Crippen molar-refractivity contribution in [3.63, 3.8) is 0 Å². The summed E-state index contributed by atoms with van der Waals surface area (Å²) in [7, 11) is 0.697. The highest BCUT2D eigenvalue weighted by Crippen LogP contribution is 2.20. The first kappa shape index (κ1) is 11.9. The first-order valence-electron chi connectivity index (χ1n) is 5.29. The van der Waals surface area contributed by atoms with E-state index in [4.69, 9.17) is 5.73 Å². The van der Waals surface area contributed by atoms with Gasteiger partial charge in [-0.05, 0) is 30.7 Å². The monoisotopic (exact) mass is 249 g/mol. The lowest BCUT2D eigenvalue weighted by Gasteiger charge is -2.05. The summed E-state index contributed by atoms with van der Waals surface area (Å²) in [6, 6.07) is 7.44. The van der Waals surface area contributed by atoms with Crippen molar-refractivity contribution in [2.75, 3.05) is 5.73 Å². The van der Waals surface area contributed by atoms with Crippen LogP contribution in [0.4, 0.5) is 5.69 Å². The van der Waals surface area contributed by atoms with Crippen molar-refractivity contribution in [3.05, 3.63) is 41.7 Å². The highest BCUT2D eigenvalue weighted by atomic mass is 32.2. The molecule has 2 aromatic rings. The fourth-order valence-corrected chi connectivity index (χ4v) is 2.82. The molecule has 1 heterocycles. The summed E-state index contributed by atoms with van der Waals surface area (Å²) in [6.07, 6.45) is 1.84. The van der Waals surface area contributed by atoms with Crippen LogP contribution >= 0.6 is 0 Å². The zero-order valence-corrected chi connectivity index (χ0v) is 10.7. The van der Waals surface area contributed by atoms with Crippen LogP contribution in [0.25, 0.3) is 0 Å². The fourth-order valence-electron chi connectivity index (χ4n) is 1.59. The van der Waals surface area contributed by atoms with Gasteiger partial charge in [-0.2, -0.15) is 5.10 Å². The van der Waals surface area contributed by atoms with Gasteiger partial charge in [0.05, 0.1) is 27.1 Å². The third kappa shape index (κ3) is 2.74. The fraction of sp³-hybridized carbons (Fsp3) is 0.250. The van der Waals surface area contributed by atoms with Crippen LogP contribution in [0.2, 0.25) is 0 Å². The largest absolute Gasteiger partial charge is 0.398 e. The molecule has 5 heteroatoms. The van der Waals surface area contributed by atoms with E-state index in [2.05, 4.69) is 5.10 Å².